The summed E-state index contributed by atoms with van der Waals surface area (Å²) < 4.78 is 0. The average Bonchev–Trinajstić information content (AvgIpc) is 2.31. The van der Waals surface area contributed by atoms with E-state index in [1.165, 1.54) is 16.9 Å². The molecule has 0 radical (unpaired) electrons. The summed E-state index contributed by atoms with van der Waals surface area (Å²) >= 11 is 2.08. The maximum atomic E-state index is 4.82. The third-order valence-corrected chi connectivity index (χ3v) is 4.75. The maximum absolute atomic E-state index is 4.82. The molecule has 0 aliphatic carbocycles. The first-order valence-corrected chi connectivity index (χ1v) is 7.97. The molecule has 0 bridgehead atoms. The molecule has 0 saturated carbocycles. The third kappa shape index (κ3) is 3.42. The fourth-order valence-corrected chi connectivity index (χ4v) is 4.18. The van der Waals surface area contributed by atoms with E-state index in [0.717, 1.165) is 25.3 Å². The van der Waals surface area contributed by atoms with Gasteiger partial charge in [0.2, 0.25) is 0 Å². The van der Waals surface area contributed by atoms with Crippen molar-refractivity contribution in [2.24, 2.45) is 0 Å². The summed E-state index contributed by atoms with van der Waals surface area (Å²) in [6.07, 6.45) is 0. The summed E-state index contributed by atoms with van der Waals surface area (Å²) in [6, 6.07) is 2.18. The molecular weight excluding hydrogens is 254 g/mol. The summed E-state index contributed by atoms with van der Waals surface area (Å²) in [5.41, 5.74) is 3.81. The second-order valence-corrected chi connectivity index (χ2v) is 7.46. The lowest BCUT2D eigenvalue weighted by atomic mass is 10.1. The topological polar surface area (TPSA) is 28.2 Å². The maximum Gasteiger partial charge on any atom is 0.133 e. The molecule has 1 aromatic rings. The number of aryl methyl sites for hydroxylation is 2. The summed E-state index contributed by atoms with van der Waals surface area (Å²) in [7, 11) is 2.00. The largest absolute Gasteiger partial charge is 0.354 e. The average molecular weight is 279 g/mol. The normalized spacial score (nSPS) is 23.7. The number of anilines is 1. The fourth-order valence-electron chi connectivity index (χ4n) is 2.85. The van der Waals surface area contributed by atoms with Gasteiger partial charge in [0.1, 0.15) is 5.82 Å². The summed E-state index contributed by atoms with van der Waals surface area (Å²) in [4.78, 5) is 7.29. The molecule has 19 heavy (non-hydrogen) atoms. The monoisotopic (exact) mass is 279 g/mol. The van der Waals surface area contributed by atoms with Gasteiger partial charge in [0.25, 0.3) is 0 Å². The zero-order chi connectivity index (χ0) is 14.0. The number of pyridine rings is 1. The second kappa shape index (κ2) is 6.14. The van der Waals surface area contributed by atoms with Crippen molar-refractivity contribution in [2.75, 3.05) is 25.0 Å². The Hall–Kier alpha value is -0.740. The molecule has 0 aromatic carbocycles. The molecule has 2 atom stereocenters. The Bertz CT molecular complexity index is 437. The summed E-state index contributed by atoms with van der Waals surface area (Å²) in [5.74, 6) is 1.19. The van der Waals surface area contributed by atoms with Crippen LogP contribution in [0.3, 0.4) is 0 Å². The molecule has 1 aliphatic heterocycles. The van der Waals surface area contributed by atoms with Gasteiger partial charge in [-0.25, -0.2) is 4.98 Å². The lowest BCUT2D eigenvalue weighted by Crippen LogP contribution is -2.41. The molecule has 1 aliphatic rings. The van der Waals surface area contributed by atoms with Gasteiger partial charge in [-0.1, -0.05) is 13.8 Å². The fraction of sp³-hybridized carbons (Fsp3) is 0.667. The number of hydrogen-bond donors (Lipinski definition) is 1. The third-order valence-electron chi connectivity index (χ3n) is 3.53. The van der Waals surface area contributed by atoms with Gasteiger partial charge in [0.05, 0.1) is 0 Å². The zero-order valence-corrected chi connectivity index (χ0v) is 13.5. The molecule has 1 N–H and O–H groups in total. The van der Waals surface area contributed by atoms with Crippen LogP contribution in [0.5, 0.6) is 0 Å². The van der Waals surface area contributed by atoms with Crippen molar-refractivity contribution in [1.29, 1.82) is 0 Å². The van der Waals surface area contributed by atoms with Crippen molar-refractivity contribution in [3.8, 4) is 0 Å². The standard InChI is InChI=1S/C15H25N3S/c1-10-6-11(2)17-15(14(10)7-16-5)18-8-12(3)19-13(4)9-18/h6,12-13,16H,7-9H2,1-5H3. The first-order chi connectivity index (χ1) is 9.01. The van der Waals surface area contributed by atoms with Crippen LogP contribution in [0.2, 0.25) is 0 Å². The highest BCUT2D eigenvalue weighted by atomic mass is 32.2. The summed E-state index contributed by atoms with van der Waals surface area (Å²) in [5, 5.41) is 4.62. The van der Waals surface area contributed by atoms with Crippen molar-refractivity contribution in [1.82, 2.24) is 10.3 Å². The highest BCUT2D eigenvalue weighted by Crippen LogP contribution is 2.30. The zero-order valence-electron chi connectivity index (χ0n) is 12.7. The Kier molecular flexibility index (Phi) is 4.74. The van der Waals surface area contributed by atoms with E-state index in [9.17, 15) is 0 Å². The molecule has 2 heterocycles. The van der Waals surface area contributed by atoms with Gasteiger partial charge in [0.15, 0.2) is 0 Å². The van der Waals surface area contributed by atoms with Crippen LogP contribution in [0.25, 0.3) is 0 Å². The molecule has 1 fully saturated rings. The number of thioether (sulfide) groups is 1. The van der Waals surface area contributed by atoms with Crippen molar-refractivity contribution < 1.29 is 0 Å². The highest BCUT2D eigenvalue weighted by molar-refractivity contribution is 8.00. The Morgan fingerprint density at radius 1 is 1.32 bits per heavy atom. The van der Waals surface area contributed by atoms with Crippen molar-refractivity contribution >= 4 is 17.6 Å². The van der Waals surface area contributed by atoms with Crippen molar-refractivity contribution in [3.63, 3.8) is 0 Å². The predicted molar refractivity (Wildman–Crippen MR) is 85.2 cm³/mol. The molecule has 4 heteroatoms. The highest BCUT2D eigenvalue weighted by Gasteiger charge is 2.25. The minimum Gasteiger partial charge on any atom is -0.354 e. The molecule has 3 nitrogen and oxygen atoms in total. The Labute approximate surface area is 121 Å². The van der Waals surface area contributed by atoms with Gasteiger partial charge in [-0.3, -0.25) is 0 Å². The minimum absolute atomic E-state index is 0.675. The van der Waals surface area contributed by atoms with Crippen LogP contribution >= 0.6 is 11.8 Å². The van der Waals surface area contributed by atoms with E-state index in [1.807, 2.05) is 7.05 Å². The number of nitrogens with zero attached hydrogens (tertiary/aromatic N) is 2. The lowest BCUT2D eigenvalue weighted by molar-refractivity contribution is 0.703. The van der Waals surface area contributed by atoms with Crippen LogP contribution in [0.15, 0.2) is 6.07 Å². The first-order valence-electron chi connectivity index (χ1n) is 7.03. The van der Waals surface area contributed by atoms with Crippen LogP contribution in [-0.4, -0.2) is 35.6 Å². The molecular formula is C15H25N3S. The number of nitrogens with one attached hydrogen (secondary N) is 1. The van der Waals surface area contributed by atoms with Crippen molar-refractivity contribution in [2.45, 2.75) is 44.7 Å². The van der Waals surface area contributed by atoms with E-state index in [-0.39, 0.29) is 0 Å². The smallest absolute Gasteiger partial charge is 0.133 e. The van der Waals surface area contributed by atoms with Gasteiger partial charge in [-0.15, -0.1) is 0 Å². The van der Waals surface area contributed by atoms with E-state index in [1.54, 1.807) is 0 Å². The Morgan fingerprint density at radius 3 is 2.53 bits per heavy atom. The van der Waals surface area contributed by atoms with E-state index in [0.29, 0.717) is 10.5 Å². The van der Waals surface area contributed by atoms with Gasteiger partial charge < -0.3 is 10.2 Å². The molecule has 2 unspecified atom stereocenters. The van der Waals surface area contributed by atoms with E-state index in [2.05, 4.69) is 55.7 Å². The van der Waals surface area contributed by atoms with Gasteiger partial charge >= 0.3 is 0 Å². The van der Waals surface area contributed by atoms with E-state index in [4.69, 9.17) is 4.98 Å². The van der Waals surface area contributed by atoms with Crippen LogP contribution in [0, 0.1) is 13.8 Å². The van der Waals surface area contributed by atoms with Gasteiger partial charge in [0, 0.05) is 41.4 Å². The Morgan fingerprint density at radius 2 is 1.95 bits per heavy atom. The minimum atomic E-state index is 0.675. The van der Waals surface area contributed by atoms with E-state index < -0.39 is 0 Å². The molecule has 0 spiro atoms. The number of rotatable bonds is 3. The van der Waals surface area contributed by atoms with Crippen LogP contribution < -0.4 is 10.2 Å². The first kappa shape index (κ1) is 14.7. The SMILES string of the molecule is CNCc1c(C)cc(C)nc1N1CC(C)SC(C)C1. The van der Waals surface area contributed by atoms with Crippen LogP contribution in [-0.2, 0) is 6.54 Å². The molecule has 106 valence electrons. The van der Waals surface area contributed by atoms with E-state index >= 15 is 0 Å². The number of aromatic nitrogens is 1. The van der Waals surface area contributed by atoms with Gasteiger partial charge in [-0.2, -0.15) is 11.8 Å². The molecule has 1 saturated heterocycles. The molecule has 2 rings (SSSR count). The lowest BCUT2D eigenvalue weighted by Gasteiger charge is -2.36. The molecule has 1 aromatic heterocycles. The number of hydrogen-bond acceptors (Lipinski definition) is 4. The Balaban J connectivity index is 2.36. The van der Waals surface area contributed by atoms with Crippen molar-refractivity contribution in [3.05, 3.63) is 22.9 Å². The predicted octanol–water partition coefficient (Wildman–Crippen LogP) is 2.75. The summed E-state index contributed by atoms with van der Waals surface area (Å²) in [6.45, 7) is 12.0. The molecule has 0 amide bonds. The quantitative estimate of drug-likeness (QED) is 0.921. The van der Waals surface area contributed by atoms with Gasteiger partial charge in [-0.05, 0) is 32.5 Å². The second-order valence-electron chi connectivity index (χ2n) is 5.58. The van der Waals surface area contributed by atoms with Crippen LogP contribution in [0.1, 0.15) is 30.7 Å². The van der Waals surface area contributed by atoms with Crippen LogP contribution in [0.4, 0.5) is 5.82 Å².